The molecule has 0 bridgehead atoms. The van der Waals surface area contributed by atoms with Crippen molar-refractivity contribution in [3.8, 4) is 11.8 Å². The lowest BCUT2D eigenvalue weighted by atomic mass is 9.89. The summed E-state index contributed by atoms with van der Waals surface area (Å²) in [5.41, 5.74) is 1.58. The van der Waals surface area contributed by atoms with Gasteiger partial charge in [0, 0.05) is 12.7 Å². The summed E-state index contributed by atoms with van der Waals surface area (Å²) < 4.78 is 21.3. The number of aliphatic hydroxyl groups is 1. The molecule has 0 heterocycles. The van der Waals surface area contributed by atoms with Crippen LogP contribution in [0.4, 0.5) is 0 Å². The van der Waals surface area contributed by atoms with Gasteiger partial charge in [-0.15, -0.1) is 0 Å². The highest BCUT2D eigenvalue weighted by atomic mass is 16.6. The van der Waals surface area contributed by atoms with Crippen molar-refractivity contribution >= 4 is 0 Å². The fraction of sp³-hybridized carbons (Fsp3) is 0.632. The van der Waals surface area contributed by atoms with Crippen LogP contribution in [0.2, 0.25) is 0 Å². The number of aliphatic hydroxyl groups excluding tert-OH is 1. The van der Waals surface area contributed by atoms with E-state index in [1.54, 1.807) is 7.11 Å². The Balaban J connectivity index is 2.40. The third-order valence-corrected chi connectivity index (χ3v) is 3.71. The highest BCUT2D eigenvalue weighted by Crippen LogP contribution is 2.28. The van der Waals surface area contributed by atoms with Crippen LogP contribution in [-0.4, -0.2) is 51.9 Å². The van der Waals surface area contributed by atoms with Gasteiger partial charge in [0.2, 0.25) is 0 Å². The van der Waals surface area contributed by atoms with Crippen molar-refractivity contribution in [2.24, 2.45) is 5.92 Å². The monoisotopic (exact) mass is 351 g/mol. The van der Waals surface area contributed by atoms with Crippen LogP contribution in [0, 0.1) is 17.2 Å². The van der Waals surface area contributed by atoms with Crippen molar-refractivity contribution in [2.45, 2.75) is 26.4 Å². The molecule has 0 fully saturated rings. The van der Waals surface area contributed by atoms with Crippen molar-refractivity contribution in [3.05, 3.63) is 29.3 Å². The SMILES string of the molecule is COCCOCCOCCOc1ccc(C(C#N)C(C)C)cc1CO. The van der Waals surface area contributed by atoms with Crippen LogP contribution >= 0.6 is 0 Å². The van der Waals surface area contributed by atoms with Gasteiger partial charge in [-0.25, -0.2) is 0 Å². The molecule has 6 nitrogen and oxygen atoms in total. The van der Waals surface area contributed by atoms with E-state index in [0.29, 0.717) is 51.0 Å². The van der Waals surface area contributed by atoms with Gasteiger partial charge in [0.05, 0.1) is 51.6 Å². The van der Waals surface area contributed by atoms with Crippen LogP contribution in [0.25, 0.3) is 0 Å². The molecular weight excluding hydrogens is 322 g/mol. The smallest absolute Gasteiger partial charge is 0.124 e. The molecule has 0 spiro atoms. The highest BCUT2D eigenvalue weighted by Gasteiger charge is 2.16. The molecule has 0 amide bonds. The topological polar surface area (TPSA) is 80.9 Å². The Kier molecular flexibility index (Phi) is 10.8. The second-order valence-corrected chi connectivity index (χ2v) is 5.94. The van der Waals surface area contributed by atoms with Crippen LogP contribution in [0.1, 0.15) is 30.9 Å². The quantitative estimate of drug-likeness (QED) is 0.550. The van der Waals surface area contributed by atoms with E-state index < -0.39 is 0 Å². The van der Waals surface area contributed by atoms with E-state index in [4.69, 9.17) is 18.9 Å². The van der Waals surface area contributed by atoms with Crippen LogP contribution in [0.15, 0.2) is 18.2 Å². The first-order valence-corrected chi connectivity index (χ1v) is 8.54. The van der Waals surface area contributed by atoms with Gasteiger partial charge >= 0.3 is 0 Å². The zero-order valence-corrected chi connectivity index (χ0v) is 15.4. The number of methoxy groups -OCH3 is 1. The minimum Gasteiger partial charge on any atom is -0.491 e. The van der Waals surface area contributed by atoms with E-state index in [2.05, 4.69) is 6.07 Å². The molecule has 0 aliphatic heterocycles. The standard InChI is InChI=1S/C19H29NO5/c1-15(2)18(13-20)16-4-5-19(17(12-16)14-21)25-11-10-24-9-8-23-7-6-22-3/h4-5,12,15,18,21H,6-11,14H2,1-3H3. The molecule has 1 aromatic carbocycles. The molecule has 25 heavy (non-hydrogen) atoms. The van der Waals surface area contributed by atoms with Gasteiger partial charge in [-0.2, -0.15) is 5.26 Å². The van der Waals surface area contributed by atoms with E-state index in [-0.39, 0.29) is 18.4 Å². The van der Waals surface area contributed by atoms with Gasteiger partial charge in [-0.1, -0.05) is 19.9 Å². The molecule has 1 unspecified atom stereocenters. The normalized spacial score (nSPS) is 12.2. The molecule has 1 aromatic rings. The van der Waals surface area contributed by atoms with Crippen LogP contribution in [0.3, 0.4) is 0 Å². The predicted molar refractivity (Wildman–Crippen MR) is 94.6 cm³/mol. The second kappa shape index (κ2) is 12.7. The molecule has 0 aromatic heterocycles. The van der Waals surface area contributed by atoms with Gasteiger partial charge < -0.3 is 24.1 Å². The lowest BCUT2D eigenvalue weighted by Gasteiger charge is -2.16. The maximum atomic E-state index is 9.56. The summed E-state index contributed by atoms with van der Waals surface area (Å²) in [4.78, 5) is 0. The van der Waals surface area contributed by atoms with Crippen molar-refractivity contribution in [2.75, 3.05) is 46.8 Å². The molecule has 0 aliphatic carbocycles. The Morgan fingerprint density at radius 1 is 1.04 bits per heavy atom. The predicted octanol–water partition coefficient (Wildman–Crippen LogP) is 2.50. The van der Waals surface area contributed by atoms with Gasteiger partial charge in [0.1, 0.15) is 12.4 Å². The number of rotatable bonds is 13. The van der Waals surface area contributed by atoms with E-state index >= 15 is 0 Å². The fourth-order valence-electron chi connectivity index (χ4n) is 2.34. The lowest BCUT2D eigenvalue weighted by Crippen LogP contribution is -2.13. The van der Waals surface area contributed by atoms with Gasteiger partial charge in [-0.05, 0) is 23.6 Å². The zero-order chi connectivity index (χ0) is 18.5. The minimum absolute atomic E-state index is 0.131. The maximum absolute atomic E-state index is 9.56. The van der Waals surface area contributed by atoms with E-state index in [1.165, 1.54) is 0 Å². The Labute approximate surface area is 150 Å². The first-order chi connectivity index (χ1) is 12.1. The van der Waals surface area contributed by atoms with Crippen LogP contribution in [-0.2, 0) is 20.8 Å². The number of hydrogen-bond acceptors (Lipinski definition) is 6. The molecule has 1 atom stereocenters. The Bertz CT molecular complexity index is 527. The van der Waals surface area contributed by atoms with Crippen molar-refractivity contribution in [1.29, 1.82) is 5.26 Å². The largest absolute Gasteiger partial charge is 0.491 e. The van der Waals surface area contributed by atoms with Crippen LogP contribution < -0.4 is 4.74 Å². The maximum Gasteiger partial charge on any atom is 0.124 e. The fourth-order valence-corrected chi connectivity index (χ4v) is 2.34. The summed E-state index contributed by atoms with van der Waals surface area (Å²) in [7, 11) is 1.63. The van der Waals surface area contributed by atoms with E-state index in [1.807, 2.05) is 32.0 Å². The van der Waals surface area contributed by atoms with Crippen molar-refractivity contribution in [1.82, 2.24) is 0 Å². The molecule has 6 heteroatoms. The molecule has 0 radical (unpaired) electrons. The average Bonchev–Trinajstić information content (AvgIpc) is 2.61. The summed E-state index contributed by atoms with van der Waals surface area (Å²) in [6.07, 6.45) is 0. The first-order valence-electron chi connectivity index (χ1n) is 8.54. The Hall–Kier alpha value is -1.65. The molecule has 0 saturated heterocycles. The number of nitriles is 1. The molecule has 1 N–H and O–H groups in total. The summed E-state index contributed by atoms with van der Waals surface area (Å²) >= 11 is 0. The summed E-state index contributed by atoms with van der Waals surface area (Å²) in [6.45, 7) is 6.86. The first kappa shape index (κ1) is 21.4. The third-order valence-electron chi connectivity index (χ3n) is 3.71. The van der Waals surface area contributed by atoms with Gasteiger partial charge in [0.25, 0.3) is 0 Å². The second-order valence-electron chi connectivity index (χ2n) is 5.94. The Morgan fingerprint density at radius 3 is 2.24 bits per heavy atom. The van der Waals surface area contributed by atoms with Gasteiger partial charge in [0.15, 0.2) is 0 Å². The molecular formula is C19H29NO5. The molecule has 0 saturated carbocycles. The zero-order valence-electron chi connectivity index (χ0n) is 15.4. The summed E-state index contributed by atoms with van der Waals surface area (Å²) in [5.74, 6) is 0.634. The van der Waals surface area contributed by atoms with E-state index in [9.17, 15) is 10.4 Å². The molecule has 140 valence electrons. The molecule has 1 rings (SSSR count). The molecule has 0 aliphatic rings. The third kappa shape index (κ3) is 7.84. The number of hydrogen-bond donors (Lipinski definition) is 1. The summed E-state index contributed by atoms with van der Waals surface area (Å²) in [5, 5.41) is 18.9. The number of nitrogens with zero attached hydrogens (tertiary/aromatic N) is 1. The Morgan fingerprint density at radius 2 is 1.68 bits per heavy atom. The lowest BCUT2D eigenvalue weighted by molar-refractivity contribution is 0.0178. The highest BCUT2D eigenvalue weighted by molar-refractivity contribution is 5.40. The van der Waals surface area contributed by atoms with E-state index in [0.717, 1.165) is 5.56 Å². The average molecular weight is 351 g/mol. The van der Waals surface area contributed by atoms with Crippen LogP contribution in [0.5, 0.6) is 5.75 Å². The number of ether oxygens (including phenoxy) is 4. The van der Waals surface area contributed by atoms with Gasteiger partial charge in [-0.3, -0.25) is 0 Å². The summed E-state index contributed by atoms with van der Waals surface area (Å²) in [6, 6.07) is 7.84. The minimum atomic E-state index is -0.194. The number of benzene rings is 1. The van der Waals surface area contributed by atoms with Crippen molar-refractivity contribution < 1.29 is 24.1 Å². The van der Waals surface area contributed by atoms with Crippen molar-refractivity contribution in [3.63, 3.8) is 0 Å².